The Morgan fingerprint density at radius 1 is 1.07 bits per heavy atom. The molecule has 0 aliphatic carbocycles. The Hall–Kier alpha value is -3.75. The Morgan fingerprint density at radius 2 is 1.85 bits per heavy atom. The molecule has 2 aromatic heterocycles. The molecule has 2 heterocycles. The lowest BCUT2D eigenvalue weighted by molar-refractivity contribution is -0.116. The second-order valence-corrected chi connectivity index (χ2v) is 6.00. The van der Waals surface area contributed by atoms with E-state index in [-0.39, 0.29) is 18.4 Å². The van der Waals surface area contributed by atoms with Gasteiger partial charge in [0.1, 0.15) is 6.54 Å². The number of hydrogen-bond acceptors (Lipinski definition) is 6. The second kappa shape index (κ2) is 7.24. The predicted molar refractivity (Wildman–Crippen MR) is 101 cm³/mol. The van der Waals surface area contributed by atoms with Crippen LogP contribution >= 0.6 is 0 Å². The molecule has 0 saturated carbocycles. The van der Waals surface area contributed by atoms with E-state index < -0.39 is 0 Å². The molecule has 27 heavy (non-hydrogen) atoms. The molecule has 136 valence electrons. The lowest BCUT2D eigenvalue weighted by Crippen LogP contribution is -2.21. The number of imidazole rings is 1. The molecule has 0 bridgehead atoms. The van der Waals surface area contributed by atoms with Crippen molar-refractivity contribution in [3.05, 3.63) is 60.2 Å². The van der Waals surface area contributed by atoms with Gasteiger partial charge in [-0.25, -0.2) is 4.98 Å². The summed E-state index contributed by atoms with van der Waals surface area (Å²) in [6.07, 6.45) is 0. The van der Waals surface area contributed by atoms with Crippen LogP contribution in [0.5, 0.6) is 0 Å². The van der Waals surface area contributed by atoms with Gasteiger partial charge >= 0.3 is 0 Å². The molecule has 0 spiro atoms. The van der Waals surface area contributed by atoms with Gasteiger partial charge in [0, 0.05) is 6.54 Å². The average Bonchev–Trinajstić information content (AvgIpc) is 3.24. The molecule has 2 aromatic carbocycles. The molecular weight excluding hydrogens is 344 g/mol. The van der Waals surface area contributed by atoms with Crippen LogP contribution in [0.2, 0.25) is 0 Å². The van der Waals surface area contributed by atoms with Crippen LogP contribution in [0.3, 0.4) is 0 Å². The number of para-hydroxylation sites is 2. The quantitative estimate of drug-likeness (QED) is 0.542. The number of carbonyl (C=O) groups excluding carboxylic acids is 1. The first-order chi connectivity index (χ1) is 13.2. The number of hydrogen-bond donors (Lipinski definition) is 2. The van der Waals surface area contributed by atoms with Crippen LogP contribution in [0, 0.1) is 0 Å². The van der Waals surface area contributed by atoms with Crippen LogP contribution in [0.25, 0.3) is 11.0 Å². The van der Waals surface area contributed by atoms with Crippen molar-refractivity contribution in [2.24, 2.45) is 7.05 Å². The molecule has 0 fully saturated rings. The van der Waals surface area contributed by atoms with Crippen molar-refractivity contribution in [1.82, 2.24) is 29.8 Å². The van der Waals surface area contributed by atoms with E-state index in [9.17, 15) is 4.79 Å². The van der Waals surface area contributed by atoms with Crippen LogP contribution in [0.4, 0.5) is 11.9 Å². The number of rotatable bonds is 6. The zero-order valence-corrected chi connectivity index (χ0v) is 14.7. The second-order valence-electron chi connectivity index (χ2n) is 6.00. The van der Waals surface area contributed by atoms with Gasteiger partial charge < -0.3 is 9.88 Å². The first-order valence-corrected chi connectivity index (χ1v) is 8.46. The fourth-order valence-electron chi connectivity index (χ4n) is 2.79. The minimum Gasteiger partial charge on any atom is -0.352 e. The number of carbonyl (C=O) groups is 1. The van der Waals surface area contributed by atoms with Crippen molar-refractivity contribution in [3.63, 3.8) is 0 Å². The van der Waals surface area contributed by atoms with Gasteiger partial charge in [-0.1, -0.05) is 47.6 Å². The van der Waals surface area contributed by atoms with Crippen molar-refractivity contribution in [2.75, 3.05) is 10.6 Å². The summed E-state index contributed by atoms with van der Waals surface area (Å²) in [6, 6.07) is 17.7. The largest absolute Gasteiger partial charge is 0.352 e. The van der Waals surface area contributed by atoms with Crippen LogP contribution in [-0.4, -0.2) is 35.7 Å². The zero-order chi connectivity index (χ0) is 18.6. The number of anilines is 2. The van der Waals surface area contributed by atoms with Crippen LogP contribution in [-0.2, 0) is 24.9 Å². The highest BCUT2D eigenvalue weighted by Gasteiger charge is 2.15. The molecule has 0 aliphatic heterocycles. The van der Waals surface area contributed by atoms with Crippen molar-refractivity contribution < 1.29 is 4.79 Å². The number of benzene rings is 2. The Balaban J connectivity index is 1.56. The topological polar surface area (TPSA) is 103 Å². The number of aromatic nitrogens is 6. The zero-order valence-electron chi connectivity index (χ0n) is 14.7. The van der Waals surface area contributed by atoms with E-state index in [4.69, 9.17) is 0 Å². The standard InChI is InChI=1S/C18H18N8O/c1-25-23-17(22-24-25)21-16(27)12-26-15-10-6-5-9-14(15)20-18(26)19-11-13-7-3-2-4-8-13/h2-10H,11-12H2,1H3,(H,19,20)(H,21,23,27). The smallest absolute Gasteiger partial charge is 0.270 e. The predicted octanol–water partition coefficient (Wildman–Crippen LogP) is 1.81. The summed E-state index contributed by atoms with van der Waals surface area (Å²) in [4.78, 5) is 18.4. The number of aryl methyl sites for hydroxylation is 1. The van der Waals surface area contributed by atoms with E-state index in [0.717, 1.165) is 16.6 Å². The third kappa shape index (κ3) is 3.76. The number of fused-ring (bicyclic) bond motifs is 1. The summed E-state index contributed by atoms with van der Waals surface area (Å²) in [6.45, 7) is 0.688. The average molecular weight is 362 g/mol. The maximum Gasteiger partial charge on any atom is 0.270 e. The van der Waals surface area contributed by atoms with E-state index in [1.807, 2.05) is 59.2 Å². The van der Waals surface area contributed by atoms with Gasteiger partial charge in [-0.05, 0) is 22.9 Å². The number of amides is 1. The fraction of sp³-hybridized carbons (Fsp3) is 0.167. The Morgan fingerprint density at radius 3 is 2.63 bits per heavy atom. The van der Waals surface area contributed by atoms with E-state index in [0.29, 0.717) is 12.5 Å². The highest BCUT2D eigenvalue weighted by Crippen LogP contribution is 2.20. The maximum atomic E-state index is 12.5. The van der Waals surface area contributed by atoms with E-state index in [2.05, 4.69) is 31.0 Å². The van der Waals surface area contributed by atoms with E-state index in [1.165, 1.54) is 4.80 Å². The molecule has 4 rings (SSSR count). The molecule has 9 heteroatoms. The maximum absolute atomic E-state index is 12.5. The van der Waals surface area contributed by atoms with Gasteiger partial charge in [0.15, 0.2) is 0 Å². The lowest BCUT2D eigenvalue weighted by Gasteiger charge is -2.10. The Labute approximate surface area is 155 Å². The minimum absolute atomic E-state index is 0.0793. The molecule has 0 saturated heterocycles. The molecule has 1 amide bonds. The summed E-state index contributed by atoms with van der Waals surface area (Å²) in [7, 11) is 1.64. The summed E-state index contributed by atoms with van der Waals surface area (Å²) < 4.78 is 1.84. The Bertz CT molecular complexity index is 1070. The highest BCUT2D eigenvalue weighted by atomic mass is 16.2. The summed E-state index contributed by atoms with van der Waals surface area (Å²) in [5.74, 6) is 0.543. The third-order valence-electron chi connectivity index (χ3n) is 4.01. The third-order valence-corrected chi connectivity index (χ3v) is 4.01. The van der Waals surface area contributed by atoms with Gasteiger partial charge in [-0.2, -0.15) is 4.80 Å². The summed E-state index contributed by atoms with van der Waals surface area (Å²) in [5.41, 5.74) is 2.82. The highest BCUT2D eigenvalue weighted by molar-refractivity contribution is 5.90. The van der Waals surface area contributed by atoms with Gasteiger partial charge in [0.25, 0.3) is 5.95 Å². The number of nitrogens with zero attached hydrogens (tertiary/aromatic N) is 6. The van der Waals surface area contributed by atoms with Gasteiger partial charge in [-0.3, -0.25) is 10.1 Å². The van der Waals surface area contributed by atoms with Gasteiger partial charge in [-0.15, -0.1) is 5.10 Å². The molecule has 0 radical (unpaired) electrons. The lowest BCUT2D eigenvalue weighted by atomic mass is 10.2. The summed E-state index contributed by atoms with van der Waals surface area (Å²) in [5, 5.41) is 17.4. The molecule has 2 N–H and O–H groups in total. The number of nitrogens with one attached hydrogen (secondary N) is 2. The van der Waals surface area contributed by atoms with Crippen molar-refractivity contribution >= 4 is 28.8 Å². The molecule has 0 unspecified atom stereocenters. The van der Waals surface area contributed by atoms with Gasteiger partial charge in [0.2, 0.25) is 11.9 Å². The molecule has 0 atom stereocenters. The van der Waals surface area contributed by atoms with Crippen molar-refractivity contribution in [1.29, 1.82) is 0 Å². The minimum atomic E-state index is -0.256. The molecule has 4 aromatic rings. The Kier molecular flexibility index (Phi) is 4.48. The van der Waals surface area contributed by atoms with Crippen LogP contribution in [0.1, 0.15) is 5.56 Å². The SMILES string of the molecule is Cn1nnc(NC(=O)Cn2c(NCc3ccccc3)nc3ccccc32)n1. The van der Waals surface area contributed by atoms with E-state index >= 15 is 0 Å². The normalized spacial score (nSPS) is 10.9. The van der Waals surface area contributed by atoms with Crippen LogP contribution in [0.15, 0.2) is 54.6 Å². The number of tetrazole rings is 1. The molecule has 0 aliphatic rings. The molecular formula is C18H18N8O. The molecule has 9 nitrogen and oxygen atoms in total. The summed E-state index contributed by atoms with van der Waals surface area (Å²) >= 11 is 0. The van der Waals surface area contributed by atoms with Crippen molar-refractivity contribution in [3.8, 4) is 0 Å². The fourth-order valence-corrected chi connectivity index (χ4v) is 2.79. The first-order valence-electron chi connectivity index (χ1n) is 8.46. The van der Waals surface area contributed by atoms with Crippen LogP contribution < -0.4 is 10.6 Å². The van der Waals surface area contributed by atoms with Crippen molar-refractivity contribution in [2.45, 2.75) is 13.1 Å². The monoisotopic (exact) mass is 362 g/mol. The van der Waals surface area contributed by atoms with E-state index in [1.54, 1.807) is 7.05 Å². The van der Waals surface area contributed by atoms with Gasteiger partial charge in [0.05, 0.1) is 18.1 Å². The first kappa shape index (κ1) is 16.7.